The van der Waals surface area contributed by atoms with E-state index in [0.29, 0.717) is 30.8 Å². The van der Waals surface area contributed by atoms with Crippen LogP contribution < -0.4 is 0 Å². The number of rotatable bonds is 3. The van der Waals surface area contributed by atoms with Crippen molar-refractivity contribution in [3.05, 3.63) is 28.5 Å². The zero-order valence-electron chi connectivity index (χ0n) is 8.70. The molecule has 2 rings (SSSR count). The van der Waals surface area contributed by atoms with Gasteiger partial charge in [-0.1, -0.05) is 11.6 Å². The third-order valence-electron chi connectivity index (χ3n) is 2.66. The highest BCUT2D eigenvalue weighted by molar-refractivity contribution is 6.32. The quantitative estimate of drug-likeness (QED) is 0.761. The van der Waals surface area contributed by atoms with Gasteiger partial charge in [0.25, 0.3) is 0 Å². The van der Waals surface area contributed by atoms with Gasteiger partial charge in [0.15, 0.2) is 6.29 Å². The summed E-state index contributed by atoms with van der Waals surface area (Å²) in [4.78, 5) is 16.5. The molecule has 3 nitrogen and oxygen atoms in total. The monoisotopic (exact) mass is 242 g/mol. The summed E-state index contributed by atoms with van der Waals surface area (Å²) in [5.41, 5.74) is 1.15. The van der Waals surface area contributed by atoms with Gasteiger partial charge in [0.2, 0.25) is 0 Å². The predicted octanol–water partition coefficient (Wildman–Crippen LogP) is 2.09. The van der Waals surface area contributed by atoms with Gasteiger partial charge in [-0.05, 0) is 18.1 Å². The second-order valence-electron chi connectivity index (χ2n) is 3.95. The normalized spacial score (nSPS) is 21.2. The molecule has 0 radical (unpaired) electrons. The number of halogens is 2. The first-order chi connectivity index (χ1) is 7.69. The first-order valence-corrected chi connectivity index (χ1v) is 5.53. The Balaban J connectivity index is 2.05. The highest BCUT2D eigenvalue weighted by Crippen LogP contribution is 2.18. The minimum atomic E-state index is -0.724. The van der Waals surface area contributed by atoms with E-state index in [0.717, 1.165) is 12.1 Å². The van der Waals surface area contributed by atoms with Crippen LogP contribution in [0, 0.1) is 0 Å². The Morgan fingerprint density at radius 1 is 1.69 bits per heavy atom. The number of pyridine rings is 1. The molecule has 0 bridgehead atoms. The maximum Gasteiger partial charge on any atom is 0.169 e. The lowest BCUT2D eigenvalue weighted by Gasteiger charge is -2.14. The van der Waals surface area contributed by atoms with E-state index in [4.69, 9.17) is 11.6 Å². The van der Waals surface area contributed by atoms with Crippen molar-refractivity contribution in [1.82, 2.24) is 9.88 Å². The number of alkyl halides is 1. The van der Waals surface area contributed by atoms with Gasteiger partial charge in [-0.3, -0.25) is 14.7 Å². The lowest BCUT2D eigenvalue weighted by Crippen LogP contribution is -2.20. The van der Waals surface area contributed by atoms with Gasteiger partial charge in [0, 0.05) is 25.8 Å². The molecule has 1 aromatic heterocycles. The van der Waals surface area contributed by atoms with E-state index in [-0.39, 0.29) is 5.69 Å². The molecule has 1 fully saturated rings. The summed E-state index contributed by atoms with van der Waals surface area (Å²) in [5.74, 6) is 0. The zero-order chi connectivity index (χ0) is 11.5. The molecule has 0 aliphatic carbocycles. The molecule has 1 aliphatic rings. The van der Waals surface area contributed by atoms with Crippen LogP contribution in [-0.2, 0) is 6.54 Å². The summed E-state index contributed by atoms with van der Waals surface area (Å²) in [5, 5.41) is 0.350. The smallest absolute Gasteiger partial charge is 0.169 e. The number of hydrogen-bond donors (Lipinski definition) is 0. The second-order valence-corrected chi connectivity index (χ2v) is 4.36. The molecule has 2 heterocycles. The number of likely N-dealkylation sites (tertiary alicyclic amines) is 1. The average molecular weight is 243 g/mol. The number of nitrogens with zero attached hydrogens (tertiary/aromatic N) is 2. The minimum Gasteiger partial charge on any atom is -0.296 e. The van der Waals surface area contributed by atoms with Crippen LogP contribution in [0.15, 0.2) is 12.3 Å². The molecule has 0 N–H and O–H groups in total. The molecular formula is C11H12ClFN2O. The van der Waals surface area contributed by atoms with Crippen molar-refractivity contribution in [2.75, 3.05) is 13.1 Å². The third-order valence-corrected chi connectivity index (χ3v) is 2.96. The van der Waals surface area contributed by atoms with Crippen LogP contribution in [0.4, 0.5) is 4.39 Å². The van der Waals surface area contributed by atoms with Crippen molar-refractivity contribution in [1.29, 1.82) is 0 Å². The number of carbonyl (C=O) groups is 1. The highest BCUT2D eigenvalue weighted by atomic mass is 35.5. The van der Waals surface area contributed by atoms with Crippen LogP contribution in [0.2, 0.25) is 5.02 Å². The summed E-state index contributed by atoms with van der Waals surface area (Å²) in [6.07, 6.45) is 2.10. The summed E-state index contributed by atoms with van der Waals surface area (Å²) >= 11 is 5.86. The molecule has 0 amide bonds. The number of carbonyl (C=O) groups excluding carboxylic acids is 1. The van der Waals surface area contributed by atoms with Crippen molar-refractivity contribution in [3.8, 4) is 0 Å². The van der Waals surface area contributed by atoms with Crippen LogP contribution in [0.1, 0.15) is 22.5 Å². The van der Waals surface area contributed by atoms with Gasteiger partial charge in [0.1, 0.15) is 11.9 Å². The van der Waals surface area contributed by atoms with Crippen LogP contribution in [0.3, 0.4) is 0 Å². The van der Waals surface area contributed by atoms with Crippen LogP contribution in [0.5, 0.6) is 0 Å². The molecule has 0 saturated carbocycles. The summed E-state index contributed by atoms with van der Waals surface area (Å²) in [6, 6.07) is 1.71. The summed E-state index contributed by atoms with van der Waals surface area (Å²) in [7, 11) is 0. The molecule has 0 spiro atoms. The maximum atomic E-state index is 12.9. The van der Waals surface area contributed by atoms with E-state index >= 15 is 0 Å². The molecule has 1 aromatic rings. The van der Waals surface area contributed by atoms with E-state index in [9.17, 15) is 9.18 Å². The van der Waals surface area contributed by atoms with Crippen molar-refractivity contribution in [2.45, 2.75) is 19.1 Å². The molecule has 86 valence electrons. The van der Waals surface area contributed by atoms with Crippen LogP contribution in [-0.4, -0.2) is 35.4 Å². The Bertz CT molecular complexity index is 400. The van der Waals surface area contributed by atoms with Crippen molar-refractivity contribution < 1.29 is 9.18 Å². The largest absolute Gasteiger partial charge is 0.296 e. The second kappa shape index (κ2) is 4.89. The molecular weight excluding hydrogens is 231 g/mol. The fraction of sp³-hybridized carbons (Fsp3) is 0.455. The standard InChI is InChI=1S/C11H12ClFN2O/c12-10-3-8(4-14-11(10)7-16)5-15-2-1-9(13)6-15/h3-4,7,9H,1-2,5-6H2/t9-/m0/s1. The van der Waals surface area contributed by atoms with Gasteiger partial charge >= 0.3 is 0 Å². The number of hydrogen-bond acceptors (Lipinski definition) is 3. The lowest BCUT2D eigenvalue weighted by atomic mass is 10.2. The number of aromatic nitrogens is 1. The van der Waals surface area contributed by atoms with Crippen molar-refractivity contribution >= 4 is 17.9 Å². The fourth-order valence-electron chi connectivity index (χ4n) is 1.85. The molecule has 16 heavy (non-hydrogen) atoms. The van der Waals surface area contributed by atoms with E-state index in [1.54, 1.807) is 12.3 Å². The van der Waals surface area contributed by atoms with Gasteiger partial charge in [-0.25, -0.2) is 4.39 Å². The number of aldehydes is 1. The van der Waals surface area contributed by atoms with Crippen molar-refractivity contribution in [2.24, 2.45) is 0 Å². The molecule has 1 saturated heterocycles. The average Bonchev–Trinajstić information content (AvgIpc) is 2.64. The van der Waals surface area contributed by atoms with Gasteiger partial charge in [-0.15, -0.1) is 0 Å². The first-order valence-electron chi connectivity index (χ1n) is 5.15. The Kier molecular flexibility index (Phi) is 3.51. The Labute approximate surface area is 98.2 Å². The lowest BCUT2D eigenvalue weighted by molar-refractivity contribution is 0.111. The Morgan fingerprint density at radius 3 is 3.06 bits per heavy atom. The Hall–Kier alpha value is -1.00. The van der Waals surface area contributed by atoms with Crippen molar-refractivity contribution in [3.63, 3.8) is 0 Å². The first kappa shape index (κ1) is 11.5. The van der Waals surface area contributed by atoms with Crippen LogP contribution >= 0.6 is 11.6 Å². The van der Waals surface area contributed by atoms with Crippen LogP contribution in [0.25, 0.3) is 0 Å². The summed E-state index contributed by atoms with van der Waals surface area (Å²) in [6.45, 7) is 1.85. The third kappa shape index (κ3) is 2.57. The van der Waals surface area contributed by atoms with E-state index in [1.807, 2.05) is 4.90 Å². The van der Waals surface area contributed by atoms with E-state index in [2.05, 4.69) is 4.98 Å². The molecule has 0 unspecified atom stereocenters. The molecule has 5 heteroatoms. The predicted molar refractivity (Wildman–Crippen MR) is 59.4 cm³/mol. The zero-order valence-corrected chi connectivity index (χ0v) is 9.45. The van der Waals surface area contributed by atoms with Gasteiger partial charge < -0.3 is 0 Å². The molecule has 0 aromatic carbocycles. The van der Waals surface area contributed by atoms with E-state index in [1.165, 1.54) is 0 Å². The minimum absolute atomic E-state index is 0.246. The molecule has 1 aliphatic heterocycles. The summed E-state index contributed by atoms with van der Waals surface area (Å²) < 4.78 is 12.9. The Morgan fingerprint density at radius 2 is 2.50 bits per heavy atom. The molecule has 1 atom stereocenters. The van der Waals surface area contributed by atoms with Gasteiger partial charge in [-0.2, -0.15) is 0 Å². The SMILES string of the molecule is O=Cc1ncc(CN2CC[C@H](F)C2)cc1Cl. The fourth-order valence-corrected chi connectivity index (χ4v) is 2.08. The maximum absolute atomic E-state index is 12.9. The van der Waals surface area contributed by atoms with E-state index < -0.39 is 6.17 Å². The van der Waals surface area contributed by atoms with Gasteiger partial charge in [0.05, 0.1) is 5.02 Å². The topological polar surface area (TPSA) is 33.2 Å². The highest BCUT2D eigenvalue weighted by Gasteiger charge is 2.21.